The van der Waals surface area contributed by atoms with Crippen LogP contribution in [0.5, 0.6) is 17.2 Å². The van der Waals surface area contributed by atoms with Crippen LogP contribution in [-0.2, 0) is 0 Å². The lowest BCUT2D eigenvalue weighted by atomic mass is 9.88. The van der Waals surface area contributed by atoms with Crippen molar-refractivity contribution in [3.63, 3.8) is 0 Å². The second-order valence-corrected chi connectivity index (χ2v) is 7.95. The van der Waals surface area contributed by atoms with Crippen LogP contribution >= 0.6 is 0 Å². The second kappa shape index (κ2) is 11.2. The van der Waals surface area contributed by atoms with Crippen LogP contribution in [0.2, 0.25) is 0 Å². The van der Waals surface area contributed by atoms with Gasteiger partial charge >= 0.3 is 0 Å². The molecular formula is C28H30O4. The van der Waals surface area contributed by atoms with E-state index in [0.29, 0.717) is 6.42 Å². The molecule has 0 atom stereocenters. The van der Waals surface area contributed by atoms with Crippen molar-refractivity contribution in [1.29, 1.82) is 0 Å². The first kappa shape index (κ1) is 23.2. The topological polar surface area (TPSA) is 80.9 Å². The maximum Gasteiger partial charge on any atom is 0.115 e. The zero-order valence-electron chi connectivity index (χ0n) is 18.3. The van der Waals surface area contributed by atoms with Crippen molar-refractivity contribution in [2.75, 3.05) is 6.61 Å². The first-order valence-electron chi connectivity index (χ1n) is 10.8. The summed E-state index contributed by atoms with van der Waals surface area (Å²) in [5.74, 6) is 0.680. The first-order chi connectivity index (χ1) is 15.5. The molecule has 3 aromatic carbocycles. The highest BCUT2D eigenvalue weighted by atomic mass is 16.3. The molecule has 0 saturated carbocycles. The quantitative estimate of drug-likeness (QED) is 0.235. The van der Waals surface area contributed by atoms with Crippen molar-refractivity contribution in [3.8, 4) is 17.2 Å². The lowest BCUT2D eigenvalue weighted by molar-refractivity contribution is 0.284. The molecule has 3 aromatic rings. The van der Waals surface area contributed by atoms with Gasteiger partial charge in [-0.1, -0.05) is 48.0 Å². The Kier molecular flexibility index (Phi) is 8.12. The number of phenols is 3. The summed E-state index contributed by atoms with van der Waals surface area (Å²) in [5.41, 5.74) is 6.48. The summed E-state index contributed by atoms with van der Waals surface area (Å²) in [6, 6.07) is 21.5. The summed E-state index contributed by atoms with van der Waals surface area (Å²) in [6.45, 7) is 2.24. The van der Waals surface area contributed by atoms with Gasteiger partial charge in [0.25, 0.3) is 0 Å². The van der Waals surface area contributed by atoms with Crippen LogP contribution in [0.3, 0.4) is 0 Å². The number of aromatic hydroxyl groups is 3. The monoisotopic (exact) mass is 430 g/mol. The van der Waals surface area contributed by atoms with E-state index in [-0.39, 0.29) is 23.9 Å². The number of phenolic OH excluding ortho intramolecular Hbond substituents is 3. The first-order valence-corrected chi connectivity index (χ1v) is 10.8. The fourth-order valence-electron chi connectivity index (χ4n) is 3.71. The van der Waals surface area contributed by atoms with E-state index in [4.69, 9.17) is 0 Å². The number of hydrogen-bond donors (Lipinski definition) is 4. The van der Waals surface area contributed by atoms with E-state index in [0.717, 1.165) is 47.1 Å². The van der Waals surface area contributed by atoms with Crippen LogP contribution in [0.4, 0.5) is 0 Å². The van der Waals surface area contributed by atoms with Gasteiger partial charge in [-0.25, -0.2) is 0 Å². The Labute approximate surface area is 189 Å². The Morgan fingerprint density at radius 1 is 0.688 bits per heavy atom. The van der Waals surface area contributed by atoms with Crippen LogP contribution in [0.1, 0.15) is 49.3 Å². The van der Waals surface area contributed by atoms with E-state index in [1.165, 1.54) is 5.57 Å². The number of aliphatic hydroxyl groups is 1. The maximum absolute atomic E-state index is 9.77. The zero-order chi connectivity index (χ0) is 22.9. The van der Waals surface area contributed by atoms with E-state index >= 15 is 0 Å². The highest BCUT2D eigenvalue weighted by Crippen LogP contribution is 2.34. The Bertz CT molecular complexity index is 1060. The van der Waals surface area contributed by atoms with Crippen molar-refractivity contribution in [2.45, 2.75) is 32.6 Å². The Balaban J connectivity index is 2.04. The second-order valence-electron chi connectivity index (χ2n) is 7.95. The summed E-state index contributed by atoms with van der Waals surface area (Å²) in [4.78, 5) is 0. The van der Waals surface area contributed by atoms with Crippen LogP contribution in [-0.4, -0.2) is 27.0 Å². The molecule has 0 heterocycles. The third-order valence-electron chi connectivity index (χ3n) is 5.54. The summed E-state index contributed by atoms with van der Waals surface area (Å²) < 4.78 is 0. The van der Waals surface area contributed by atoms with Crippen LogP contribution in [0, 0.1) is 0 Å². The molecular weight excluding hydrogens is 400 g/mol. The fourth-order valence-corrected chi connectivity index (χ4v) is 3.71. The number of aliphatic hydroxyl groups excluding tert-OH is 1. The SMILES string of the molecule is CC(=C(CC(=Cc1ccc(O)cc1)CCCCO)c1ccc(O)cc1)c1ccc(O)cc1. The number of rotatable bonds is 9. The molecule has 0 aromatic heterocycles. The lowest BCUT2D eigenvalue weighted by Gasteiger charge is -2.17. The Morgan fingerprint density at radius 2 is 1.19 bits per heavy atom. The molecule has 32 heavy (non-hydrogen) atoms. The minimum Gasteiger partial charge on any atom is -0.508 e. The highest BCUT2D eigenvalue weighted by Gasteiger charge is 2.12. The molecule has 4 nitrogen and oxygen atoms in total. The highest BCUT2D eigenvalue weighted by molar-refractivity contribution is 5.91. The van der Waals surface area contributed by atoms with Gasteiger partial charge in [0.15, 0.2) is 0 Å². The average Bonchev–Trinajstić information content (AvgIpc) is 2.79. The van der Waals surface area contributed by atoms with Crippen molar-refractivity contribution in [1.82, 2.24) is 0 Å². The van der Waals surface area contributed by atoms with E-state index < -0.39 is 0 Å². The minimum atomic E-state index is 0.166. The van der Waals surface area contributed by atoms with Gasteiger partial charge in [-0.15, -0.1) is 0 Å². The Hall–Kier alpha value is -3.50. The van der Waals surface area contributed by atoms with E-state index in [9.17, 15) is 20.4 Å². The molecule has 3 rings (SSSR count). The third kappa shape index (κ3) is 6.50. The summed E-state index contributed by atoms with van der Waals surface area (Å²) >= 11 is 0. The molecule has 0 unspecified atom stereocenters. The third-order valence-corrected chi connectivity index (χ3v) is 5.54. The van der Waals surface area contributed by atoms with Crippen LogP contribution in [0.15, 0.2) is 78.4 Å². The summed E-state index contributed by atoms with van der Waals surface area (Å²) in [5, 5.41) is 38.3. The zero-order valence-corrected chi connectivity index (χ0v) is 18.3. The molecule has 0 radical (unpaired) electrons. The van der Waals surface area contributed by atoms with Gasteiger partial charge in [0.1, 0.15) is 17.2 Å². The minimum absolute atomic E-state index is 0.166. The van der Waals surface area contributed by atoms with Crippen molar-refractivity contribution < 1.29 is 20.4 Å². The number of allylic oxidation sites excluding steroid dienone is 3. The van der Waals surface area contributed by atoms with Gasteiger partial charge in [0.05, 0.1) is 0 Å². The number of hydrogen-bond acceptors (Lipinski definition) is 4. The maximum atomic E-state index is 9.77. The average molecular weight is 431 g/mol. The van der Waals surface area contributed by atoms with E-state index in [1.807, 2.05) is 36.4 Å². The van der Waals surface area contributed by atoms with Crippen LogP contribution in [0.25, 0.3) is 17.2 Å². The molecule has 0 aliphatic rings. The number of benzene rings is 3. The molecule has 0 spiro atoms. The summed E-state index contributed by atoms with van der Waals surface area (Å²) in [6.07, 6.45) is 5.29. The smallest absolute Gasteiger partial charge is 0.115 e. The predicted molar refractivity (Wildman–Crippen MR) is 130 cm³/mol. The van der Waals surface area contributed by atoms with Gasteiger partial charge in [-0.2, -0.15) is 0 Å². The lowest BCUT2D eigenvalue weighted by Crippen LogP contribution is -1.95. The molecule has 166 valence electrons. The molecule has 0 bridgehead atoms. The molecule has 0 aliphatic carbocycles. The van der Waals surface area contributed by atoms with Gasteiger partial charge < -0.3 is 20.4 Å². The van der Waals surface area contributed by atoms with E-state index in [2.05, 4.69) is 13.0 Å². The van der Waals surface area contributed by atoms with Gasteiger partial charge in [0.2, 0.25) is 0 Å². The standard InChI is InChI=1S/C28H30O4/c1-20(23-7-13-26(31)14-8-23)28(24-9-15-27(32)16-10-24)19-22(4-2-3-17-29)18-21-5-11-25(30)12-6-21/h5-16,18,29-32H,2-4,17,19H2,1H3. The largest absolute Gasteiger partial charge is 0.508 e. The molecule has 4 heteroatoms. The normalized spacial score (nSPS) is 12.5. The fraction of sp³-hybridized carbons (Fsp3) is 0.214. The molecule has 0 amide bonds. The van der Waals surface area contributed by atoms with Crippen molar-refractivity contribution in [3.05, 3.63) is 95.1 Å². The van der Waals surface area contributed by atoms with Crippen molar-refractivity contribution in [2.24, 2.45) is 0 Å². The molecule has 4 N–H and O–H groups in total. The number of unbranched alkanes of at least 4 members (excludes halogenated alkanes) is 1. The molecule has 0 saturated heterocycles. The van der Waals surface area contributed by atoms with Gasteiger partial charge in [-0.3, -0.25) is 0 Å². The predicted octanol–water partition coefficient (Wildman–Crippen LogP) is 6.37. The summed E-state index contributed by atoms with van der Waals surface area (Å²) in [7, 11) is 0. The Morgan fingerprint density at radius 3 is 1.72 bits per heavy atom. The van der Waals surface area contributed by atoms with Gasteiger partial charge in [0, 0.05) is 6.61 Å². The van der Waals surface area contributed by atoms with E-state index in [1.54, 1.807) is 36.4 Å². The van der Waals surface area contributed by atoms with Crippen LogP contribution < -0.4 is 0 Å². The van der Waals surface area contributed by atoms with Crippen molar-refractivity contribution >= 4 is 17.2 Å². The van der Waals surface area contributed by atoms with Gasteiger partial charge in [-0.05, 0) is 96.8 Å². The molecule has 0 aliphatic heterocycles. The molecule has 0 fully saturated rings.